The number of nitrogens with one attached hydrogen (secondary N) is 1. The van der Waals surface area contributed by atoms with Gasteiger partial charge in [0.15, 0.2) is 0 Å². The van der Waals surface area contributed by atoms with Crippen LogP contribution in [-0.4, -0.2) is 37.5 Å². The van der Waals surface area contributed by atoms with Crippen LogP contribution in [-0.2, 0) is 29.2 Å². The maximum atomic E-state index is 14.1. The monoisotopic (exact) mass is 630 g/mol. The first-order chi connectivity index (χ1) is 23.0. The van der Waals surface area contributed by atoms with Crippen LogP contribution in [0.3, 0.4) is 0 Å². The molecule has 2 amide bonds. The van der Waals surface area contributed by atoms with E-state index < -0.39 is 6.04 Å². The van der Waals surface area contributed by atoms with Gasteiger partial charge in [0.1, 0.15) is 29.9 Å². The highest BCUT2D eigenvalue weighted by Gasteiger charge is 2.31. The number of carbonyl (C=O) groups is 2. The average Bonchev–Trinajstić information content (AvgIpc) is 3.12. The molecule has 0 fully saturated rings. The molecule has 5 rings (SSSR count). The number of methoxy groups -OCH3 is 2. The molecule has 0 saturated carbocycles. The molecule has 5 aromatic carbocycles. The lowest BCUT2D eigenvalue weighted by Crippen LogP contribution is -2.44. The van der Waals surface area contributed by atoms with E-state index in [4.69, 9.17) is 14.2 Å². The van der Waals surface area contributed by atoms with Gasteiger partial charge in [0.25, 0.3) is 0 Å². The van der Waals surface area contributed by atoms with Crippen LogP contribution < -0.4 is 19.5 Å². The Labute approximate surface area is 277 Å². The minimum atomic E-state index is -0.800. The summed E-state index contributed by atoms with van der Waals surface area (Å²) >= 11 is 0. The standard InChI is InChI=1S/C40H42N2O5/c1-4-5-23-42(38(43)24-29-11-18-35(45-2)19-12-29)39(40(44)41-27-30-9-7-6-8-10-30)34-16-15-33-26-37(22-17-32(33)25-34)47-28-31-13-20-36(46-3)21-14-31/h6-22,25-26,39H,4-5,23-24,27-28H2,1-3H3,(H,41,44). The smallest absolute Gasteiger partial charge is 0.247 e. The molecule has 1 atom stereocenters. The number of carbonyl (C=O) groups excluding carboxylic acids is 2. The summed E-state index contributed by atoms with van der Waals surface area (Å²) in [5, 5.41) is 5.04. The van der Waals surface area contributed by atoms with Gasteiger partial charge in [-0.2, -0.15) is 0 Å². The van der Waals surface area contributed by atoms with Crippen LogP contribution in [0.15, 0.2) is 115 Å². The number of fused-ring (bicyclic) bond motifs is 1. The van der Waals surface area contributed by atoms with Crippen LogP contribution in [0.5, 0.6) is 17.2 Å². The van der Waals surface area contributed by atoms with E-state index in [0.29, 0.717) is 19.7 Å². The fourth-order valence-electron chi connectivity index (χ4n) is 5.49. The van der Waals surface area contributed by atoms with E-state index in [9.17, 15) is 9.59 Å². The molecule has 0 spiro atoms. The van der Waals surface area contributed by atoms with Crippen molar-refractivity contribution in [3.63, 3.8) is 0 Å². The Morgan fingerprint density at radius 3 is 1.98 bits per heavy atom. The van der Waals surface area contributed by atoms with Gasteiger partial charge in [-0.1, -0.05) is 86.1 Å². The van der Waals surface area contributed by atoms with Gasteiger partial charge in [-0.15, -0.1) is 0 Å². The van der Waals surface area contributed by atoms with Gasteiger partial charge in [0.2, 0.25) is 11.8 Å². The van der Waals surface area contributed by atoms with E-state index in [2.05, 4.69) is 12.2 Å². The Hall–Kier alpha value is -5.30. The van der Waals surface area contributed by atoms with Crippen LogP contribution in [0.4, 0.5) is 0 Å². The highest BCUT2D eigenvalue weighted by molar-refractivity contribution is 5.91. The molecule has 0 aliphatic heterocycles. The zero-order valence-electron chi connectivity index (χ0n) is 27.3. The molecule has 0 radical (unpaired) electrons. The van der Waals surface area contributed by atoms with E-state index in [1.165, 1.54) is 0 Å². The maximum absolute atomic E-state index is 14.1. The van der Waals surface area contributed by atoms with Gasteiger partial charge >= 0.3 is 0 Å². The minimum absolute atomic E-state index is 0.106. The zero-order chi connectivity index (χ0) is 33.0. The predicted molar refractivity (Wildman–Crippen MR) is 186 cm³/mol. The Morgan fingerprint density at radius 2 is 1.32 bits per heavy atom. The Morgan fingerprint density at radius 1 is 0.702 bits per heavy atom. The highest BCUT2D eigenvalue weighted by Crippen LogP contribution is 2.29. The number of hydrogen-bond donors (Lipinski definition) is 1. The molecule has 0 heterocycles. The summed E-state index contributed by atoms with van der Waals surface area (Å²) in [6.45, 7) is 3.35. The molecule has 7 heteroatoms. The molecule has 1 N–H and O–H groups in total. The van der Waals surface area contributed by atoms with Crippen molar-refractivity contribution in [2.24, 2.45) is 0 Å². The fraction of sp³-hybridized carbons (Fsp3) is 0.250. The Kier molecular flexibility index (Phi) is 11.5. The summed E-state index contributed by atoms with van der Waals surface area (Å²) in [5.41, 5.74) is 3.65. The third-order valence-corrected chi connectivity index (χ3v) is 8.17. The van der Waals surface area contributed by atoms with Gasteiger partial charge in [0.05, 0.1) is 20.6 Å². The molecule has 0 aromatic heterocycles. The lowest BCUT2D eigenvalue weighted by molar-refractivity contribution is -0.140. The minimum Gasteiger partial charge on any atom is -0.497 e. The van der Waals surface area contributed by atoms with Gasteiger partial charge < -0.3 is 24.4 Å². The van der Waals surface area contributed by atoms with Gasteiger partial charge in [-0.25, -0.2) is 0 Å². The van der Waals surface area contributed by atoms with E-state index in [1.807, 2.05) is 115 Å². The van der Waals surface area contributed by atoms with Crippen molar-refractivity contribution in [3.8, 4) is 17.2 Å². The van der Waals surface area contributed by atoms with Gasteiger partial charge in [-0.05, 0) is 81.9 Å². The molecule has 0 bridgehead atoms. The number of hydrogen-bond acceptors (Lipinski definition) is 5. The van der Waals surface area contributed by atoms with E-state index in [1.54, 1.807) is 19.1 Å². The molecule has 1 unspecified atom stereocenters. The van der Waals surface area contributed by atoms with Gasteiger partial charge in [0, 0.05) is 13.1 Å². The largest absolute Gasteiger partial charge is 0.497 e. The van der Waals surface area contributed by atoms with Crippen LogP contribution in [0.2, 0.25) is 0 Å². The summed E-state index contributed by atoms with van der Waals surface area (Å²) < 4.78 is 16.6. The normalized spacial score (nSPS) is 11.5. The van der Waals surface area contributed by atoms with Gasteiger partial charge in [-0.3, -0.25) is 9.59 Å². The van der Waals surface area contributed by atoms with Crippen molar-refractivity contribution < 1.29 is 23.8 Å². The Balaban J connectivity index is 1.42. The third-order valence-electron chi connectivity index (χ3n) is 8.17. The number of unbranched alkanes of at least 4 members (excludes halogenated alkanes) is 1. The topological polar surface area (TPSA) is 77.1 Å². The number of benzene rings is 5. The summed E-state index contributed by atoms with van der Waals surface area (Å²) in [6.07, 6.45) is 1.85. The summed E-state index contributed by atoms with van der Waals surface area (Å²) in [5.74, 6) is 1.96. The van der Waals surface area contributed by atoms with Crippen LogP contribution >= 0.6 is 0 Å². The van der Waals surface area contributed by atoms with Crippen molar-refractivity contribution in [1.29, 1.82) is 0 Å². The first kappa shape index (κ1) is 33.1. The van der Waals surface area contributed by atoms with E-state index >= 15 is 0 Å². The van der Waals surface area contributed by atoms with E-state index in [0.717, 1.165) is 63.1 Å². The van der Waals surface area contributed by atoms with Crippen LogP contribution in [0.1, 0.15) is 48.1 Å². The first-order valence-electron chi connectivity index (χ1n) is 16.0. The van der Waals surface area contributed by atoms with Crippen molar-refractivity contribution in [2.75, 3.05) is 20.8 Å². The van der Waals surface area contributed by atoms with Crippen molar-refractivity contribution in [1.82, 2.24) is 10.2 Å². The number of ether oxygens (including phenoxy) is 3. The third kappa shape index (κ3) is 8.91. The SMILES string of the molecule is CCCCN(C(=O)Cc1ccc(OC)cc1)C(C(=O)NCc1ccccc1)c1ccc2cc(OCc3ccc(OC)cc3)ccc2c1. The lowest BCUT2D eigenvalue weighted by Gasteiger charge is -2.32. The number of rotatable bonds is 15. The molecule has 242 valence electrons. The molecule has 0 aliphatic rings. The maximum Gasteiger partial charge on any atom is 0.247 e. The fourth-order valence-corrected chi connectivity index (χ4v) is 5.49. The lowest BCUT2D eigenvalue weighted by atomic mass is 9.98. The predicted octanol–water partition coefficient (Wildman–Crippen LogP) is 7.66. The Bertz CT molecular complexity index is 1750. The molecule has 47 heavy (non-hydrogen) atoms. The molecule has 7 nitrogen and oxygen atoms in total. The van der Waals surface area contributed by atoms with Crippen LogP contribution in [0, 0.1) is 0 Å². The molecule has 5 aromatic rings. The molecule has 0 aliphatic carbocycles. The zero-order valence-corrected chi connectivity index (χ0v) is 27.3. The second-order valence-corrected chi connectivity index (χ2v) is 11.5. The number of amides is 2. The molecular formula is C40H42N2O5. The highest BCUT2D eigenvalue weighted by atomic mass is 16.5. The molecule has 0 saturated heterocycles. The quantitative estimate of drug-likeness (QED) is 0.129. The van der Waals surface area contributed by atoms with Crippen LogP contribution in [0.25, 0.3) is 10.8 Å². The first-order valence-corrected chi connectivity index (χ1v) is 16.0. The average molecular weight is 631 g/mol. The van der Waals surface area contributed by atoms with E-state index in [-0.39, 0.29) is 18.2 Å². The van der Waals surface area contributed by atoms with Crippen molar-refractivity contribution >= 4 is 22.6 Å². The summed E-state index contributed by atoms with van der Waals surface area (Å²) in [4.78, 5) is 29.8. The second kappa shape index (κ2) is 16.3. The number of nitrogens with zero attached hydrogens (tertiary/aromatic N) is 1. The molecular weight excluding hydrogens is 588 g/mol. The van der Waals surface area contributed by atoms with Crippen molar-refractivity contribution in [3.05, 3.63) is 138 Å². The van der Waals surface area contributed by atoms with Crippen molar-refractivity contribution in [2.45, 2.75) is 45.4 Å². The second-order valence-electron chi connectivity index (χ2n) is 11.5. The summed E-state index contributed by atoms with van der Waals surface area (Å²) in [7, 11) is 3.26. The summed E-state index contributed by atoms with van der Waals surface area (Å²) in [6, 6.07) is 36.1.